The first kappa shape index (κ1) is 19.2. The molecule has 0 radical (unpaired) electrons. The van der Waals surface area contributed by atoms with Crippen molar-refractivity contribution in [3.63, 3.8) is 0 Å². The Morgan fingerprint density at radius 2 is 1.61 bits per heavy atom. The van der Waals surface area contributed by atoms with Gasteiger partial charge in [0.2, 0.25) is 5.91 Å². The molecule has 3 heterocycles. The number of hydrogen-bond acceptors (Lipinski definition) is 4. The summed E-state index contributed by atoms with van der Waals surface area (Å²) in [7, 11) is 0. The van der Waals surface area contributed by atoms with Crippen molar-refractivity contribution in [1.29, 1.82) is 0 Å². The van der Waals surface area contributed by atoms with Crippen LogP contribution in [0.5, 0.6) is 0 Å². The third-order valence-corrected chi connectivity index (χ3v) is 5.60. The second kappa shape index (κ2) is 7.47. The molecule has 0 unspecified atom stereocenters. The Hall–Kier alpha value is -3.80. The lowest BCUT2D eigenvalue weighted by Gasteiger charge is -2.24. The van der Waals surface area contributed by atoms with Crippen molar-refractivity contribution in [1.82, 2.24) is 19.7 Å². The molecule has 31 heavy (non-hydrogen) atoms. The van der Waals surface area contributed by atoms with Crippen molar-refractivity contribution in [2.45, 2.75) is 33.1 Å². The topological polar surface area (TPSA) is 72.7 Å². The number of amides is 1. The van der Waals surface area contributed by atoms with Gasteiger partial charge >= 0.3 is 0 Å². The highest BCUT2D eigenvalue weighted by Crippen LogP contribution is 2.43. The number of anilines is 1. The molecule has 1 aliphatic heterocycles. The lowest BCUT2D eigenvalue weighted by Crippen LogP contribution is -2.25. The molecule has 0 aliphatic carbocycles. The van der Waals surface area contributed by atoms with Gasteiger partial charge in [-0.2, -0.15) is 9.78 Å². The van der Waals surface area contributed by atoms with Crippen molar-refractivity contribution >= 4 is 11.7 Å². The smallest absolute Gasteiger partial charge is 0.252 e. The minimum Gasteiger partial charge on any atom is -0.310 e. The lowest BCUT2D eigenvalue weighted by molar-refractivity contribution is -0.116. The molecule has 6 heteroatoms. The summed E-state index contributed by atoms with van der Waals surface area (Å²) in [4.78, 5) is 21.9. The molecule has 4 aromatic rings. The first-order valence-electron chi connectivity index (χ1n) is 10.4. The van der Waals surface area contributed by atoms with Crippen molar-refractivity contribution in [2.24, 2.45) is 0 Å². The number of aryl methyl sites for hydroxylation is 3. The number of aromatic nitrogens is 4. The zero-order chi connectivity index (χ0) is 21.5. The number of fused-ring (bicyclic) bond motifs is 1. The second-order valence-electron chi connectivity index (χ2n) is 8.05. The maximum absolute atomic E-state index is 12.7. The molecule has 0 bridgehead atoms. The molecule has 0 spiro atoms. The van der Waals surface area contributed by atoms with Crippen LogP contribution >= 0.6 is 0 Å². The first-order valence-corrected chi connectivity index (χ1v) is 10.4. The van der Waals surface area contributed by atoms with Crippen LogP contribution in [0.15, 0.2) is 60.7 Å². The van der Waals surface area contributed by atoms with Crippen molar-refractivity contribution in [3.8, 4) is 17.2 Å². The fourth-order valence-electron chi connectivity index (χ4n) is 4.19. The summed E-state index contributed by atoms with van der Waals surface area (Å²) >= 11 is 0. The van der Waals surface area contributed by atoms with Crippen LogP contribution < -0.4 is 5.32 Å². The summed E-state index contributed by atoms with van der Waals surface area (Å²) in [6.45, 7) is 5.92. The summed E-state index contributed by atoms with van der Waals surface area (Å²) in [5.74, 6) is 0.967. The number of carbonyl (C=O) groups excluding carboxylic acids is 1. The van der Waals surface area contributed by atoms with Crippen LogP contribution in [-0.4, -0.2) is 25.7 Å². The highest BCUT2D eigenvalue weighted by Gasteiger charge is 2.34. The van der Waals surface area contributed by atoms with E-state index in [0.717, 1.165) is 33.8 Å². The SMILES string of the molecule is Cc1ccc([C@@H]2CC(=O)Nc3c2c(-c2ccccc2)nn3-c2nc(C)cc(C)n2)cc1. The number of nitrogens with zero attached hydrogens (tertiary/aromatic N) is 4. The molecule has 0 saturated carbocycles. The van der Waals surface area contributed by atoms with Crippen molar-refractivity contribution < 1.29 is 4.79 Å². The Morgan fingerprint density at radius 3 is 2.29 bits per heavy atom. The Kier molecular flexibility index (Phi) is 4.62. The number of benzene rings is 2. The first-order chi connectivity index (χ1) is 15.0. The molecular formula is C25H23N5O. The van der Waals surface area contributed by atoms with Crippen LogP contribution in [0.4, 0.5) is 5.82 Å². The number of rotatable bonds is 3. The van der Waals surface area contributed by atoms with Gasteiger partial charge in [0.25, 0.3) is 5.95 Å². The molecule has 6 nitrogen and oxygen atoms in total. The van der Waals surface area contributed by atoms with Gasteiger partial charge in [0.15, 0.2) is 0 Å². The third-order valence-electron chi connectivity index (χ3n) is 5.60. The Bertz CT molecular complexity index is 1260. The Morgan fingerprint density at radius 1 is 0.935 bits per heavy atom. The van der Waals surface area contributed by atoms with Gasteiger partial charge < -0.3 is 5.32 Å². The molecule has 1 N–H and O–H groups in total. The largest absolute Gasteiger partial charge is 0.310 e. The van der Waals surface area contributed by atoms with Crippen LogP contribution in [0.25, 0.3) is 17.2 Å². The lowest BCUT2D eigenvalue weighted by atomic mass is 9.84. The molecule has 1 atom stereocenters. The third kappa shape index (κ3) is 3.50. The van der Waals surface area contributed by atoms with Gasteiger partial charge in [0.1, 0.15) is 5.82 Å². The van der Waals surface area contributed by atoms with Crippen molar-refractivity contribution in [2.75, 3.05) is 5.32 Å². The zero-order valence-corrected chi connectivity index (χ0v) is 17.8. The number of nitrogens with one attached hydrogen (secondary N) is 1. The van der Waals surface area contributed by atoms with Gasteiger partial charge in [0, 0.05) is 34.9 Å². The second-order valence-corrected chi connectivity index (χ2v) is 8.05. The minimum absolute atomic E-state index is 0.0387. The van der Waals surface area contributed by atoms with E-state index in [0.29, 0.717) is 18.2 Å². The van der Waals surface area contributed by atoms with E-state index < -0.39 is 0 Å². The van der Waals surface area contributed by atoms with Gasteiger partial charge in [0.05, 0.1) is 5.69 Å². The minimum atomic E-state index is -0.0980. The molecule has 0 fully saturated rings. The molecule has 5 rings (SSSR count). The Balaban J connectivity index is 1.78. The molecule has 2 aromatic carbocycles. The van der Waals surface area contributed by atoms with Gasteiger partial charge in [-0.25, -0.2) is 9.97 Å². The fourth-order valence-corrected chi connectivity index (χ4v) is 4.19. The zero-order valence-electron chi connectivity index (χ0n) is 17.8. The van der Waals surface area contributed by atoms with E-state index in [1.807, 2.05) is 50.2 Å². The van der Waals surface area contributed by atoms with Crippen LogP contribution in [-0.2, 0) is 4.79 Å². The summed E-state index contributed by atoms with van der Waals surface area (Å²) in [6, 6.07) is 20.3. The van der Waals surface area contributed by atoms with Crippen LogP contribution in [0.3, 0.4) is 0 Å². The highest BCUT2D eigenvalue weighted by atomic mass is 16.1. The van der Waals surface area contributed by atoms with E-state index in [2.05, 4.69) is 46.5 Å². The van der Waals surface area contributed by atoms with E-state index >= 15 is 0 Å². The molecule has 0 saturated heterocycles. The van der Waals surface area contributed by atoms with E-state index in [-0.39, 0.29) is 11.8 Å². The van der Waals surface area contributed by atoms with Gasteiger partial charge in [-0.05, 0) is 32.4 Å². The molecule has 154 valence electrons. The van der Waals surface area contributed by atoms with Gasteiger partial charge in [-0.1, -0.05) is 60.2 Å². The molecule has 1 aliphatic rings. The summed E-state index contributed by atoms with van der Waals surface area (Å²) in [6.07, 6.45) is 0.370. The Labute approximate surface area is 181 Å². The van der Waals surface area contributed by atoms with E-state index in [1.165, 1.54) is 5.56 Å². The predicted molar refractivity (Wildman–Crippen MR) is 120 cm³/mol. The summed E-state index contributed by atoms with van der Waals surface area (Å²) in [5, 5.41) is 7.97. The average Bonchev–Trinajstić information content (AvgIpc) is 3.13. The van der Waals surface area contributed by atoms with Crippen LogP contribution in [0, 0.1) is 20.8 Å². The van der Waals surface area contributed by atoms with E-state index in [1.54, 1.807) is 4.68 Å². The maximum atomic E-state index is 12.7. The summed E-state index contributed by atoms with van der Waals surface area (Å²) < 4.78 is 1.68. The quantitative estimate of drug-likeness (QED) is 0.531. The van der Waals surface area contributed by atoms with E-state index in [4.69, 9.17) is 5.10 Å². The standard InChI is InChI=1S/C25H23N5O/c1-15-9-11-18(12-10-15)20-14-21(31)28-24-22(20)23(19-7-5-4-6-8-19)29-30(24)25-26-16(2)13-17(3)27-25/h4-13,20H,14H2,1-3H3,(H,28,31)/t20-/m0/s1. The number of hydrogen-bond donors (Lipinski definition) is 1. The van der Waals surface area contributed by atoms with Crippen molar-refractivity contribution in [3.05, 3.63) is 88.7 Å². The normalized spacial score (nSPS) is 15.5. The van der Waals surface area contributed by atoms with Crippen LogP contribution in [0.1, 0.15) is 40.4 Å². The molecule has 2 aromatic heterocycles. The molecular weight excluding hydrogens is 386 g/mol. The molecule has 1 amide bonds. The average molecular weight is 409 g/mol. The van der Waals surface area contributed by atoms with Gasteiger partial charge in [-0.15, -0.1) is 0 Å². The van der Waals surface area contributed by atoms with Crippen LogP contribution in [0.2, 0.25) is 0 Å². The maximum Gasteiger partial charge on any atom is 0.252 e. The highest BCUT2D eigenvalue weighted by molar-refractivity contribution is 5.96. The van der Waals surface area contributed by atoms with E-state index in [9.17, 15) is 4.79 Å². The fraction of sp³-hybridized carbons (Fsp3) is 0.200. The monoisotopic (exact) mass is 409 g/mol. The summed E-state index contributed by atoms with van der Waals surface area (Å²) in [5.41, 5.74) is 6.82. The predicted octanol–water partition coefficient (Wildman–Crippen LogP) is 4.73. The van der Waals surface area contributed by atoms with Gasteiger partial charge in [-0.3, -0.25) is 4.79 Å². The number of carbonyl (C=O) groups is 1.